The minimum Gasteiger partial charge on any atom is -0.356 e. The third kappa shape index (κ3) is 7.93. The Morgan fingerprint density at radius 2 is 2.18 bits per heavy atom. The van der Waals surface area contributed by atoms with E-state index in [1.54, 1.807) is 6.92 Å². The van der Waals surface area contributed by atoms with E-state index >= 15 is 0 Å². The minimum absolute atomic E-state index is 0.0132. The van der Waals surface area contributed by atoms with E-state index in [4.69, 9.17) is 20.5 Å². The summed E-state index contributed by atoms with van der Waals surface area (Å²) < 4.78 is 20.2. The monoisotopic (exact) mass is 183 g/mol. The zero-order chi connectivity index (χ0) is 8.91. The van der Waals surface area contributed by atoms with Crippen molar-refractivity contribution in [1.29, 1.82) is 0 Å². The molecule has 0 rings (SSSR count). The third-order valence-electron chi connectivity index (χ3n) is 0.962. The molecule has 1 unspecified atom stereocenters. The van der Waals surface area contributed by atoms with Gasteiger partial charge in [-0.1, -0.05) is 0 Å². The van der Waals surface area contributed by atoms with E-state index in [1.807, 2.05) is 0 Å². The topological polar surface area (TPSA) is 99.6 Å². The molecule has 0 aromatic rings. The van der Waals surface area contributed by atoms with Crippen LogP contribution in [0.25, 0.3) is 0 Å². The van der Waals surface area contributed by atoms with Gasteiger partial charge in [-0.3, -0.25) is 15.6 Å². The number of hydrogen-bond donors (Lipinski definition) is 3. The van der Waals surface area contributed by atoms with Crippen LogP contribution in [-0.4, -0.2) is 20.1 Å². The maximum atomic E-state index is 10.6. The molecule has 0 radical (unpaired) electrons. The van der Waals surface area contributed by atoms with Crippen molar-refractivity contribution in [2.75, 3.05) is 13.8 Å². The Kier molecular flexibility index (Phi) is 4.83. The van der Waals surface area contributed by atoms with E-state index in [9.17, 15) is 4.57 Å². The highest BCUT2D eigenvalue weighted by Crippen LogP contribution is 2.16. The lowest BCUT2D eigenvalue weighted by Gasteiger charge is -2.13. The smallest absolute Gasteiger partial charge is 0.275 e. The van der Waals surface area contributed by atoms with Gasteiger partial charge in [-0.05, 0) is 6.92 Å². The maximum absolute atomic E-state index is 10.6. The molecule has 0 aliphatic carbocycles. The van der Waals surface area contributed by atoms with Crippen LogP contribution in [0, 0.1) is 0 Å². The lowest BCUT2D eigenvalue weighted by molar-refractivity contribution is -0.112. The quantitative estimate of drug-likeness (QED) is 0.395. The first kappa shape index (κ1) is 11.0. The molecule has 0 saturated heterocycles. The second-order valence-electron chi connectivity index (χ2n) is 1.98. The van der Waals surface area contributed by atoms with Gasteiger partial charge < -0.3 is 9.47 Å². The second-order valence-corrected chi connectivity index (χ2v) is 3.72. The zero-order valence-corrected chi connectivity index (χ0v) is 7.51. The molecule has 0 spiro atoms. The van der Waals surface area contributed by atoms with Gasteiger partial charge in [0, 0.05) is 7.11 Å². The fourth-order valence-corrected chi connectivity index (χ4v) is 0.600. The first-order valence-corrected chi connectivity index (χ1v) is 4.87. The van der Waals surface area contributed by atoms with Gasteiger partial charge in [-0.15, -0.1) is 0 Å². The number of methoxy groups -OCH3 is 1. The summed E-state index contributed by atoms with van der Waals surface area (Å²) in [6.07, 6.45) is -0.367. The van der Waals surface area contributed by atoms with Gasteiger partial charge in [0.15, 0.2) is 6.29 Å². The van der Waals surface area contributed by atoms with Crippen molar-refractivity contribution in [2.24, 2.45) is 11.0 Å². The SMILES string of the molecule is COC(C)OCNP(N)(N)=O. The molecule has 0 fully saturated rings. The number of hydrogen-bond acceptors (Lipinski definition) is 3. The molecule has 0 amide bonds. The van der Waals surface area contributed by atoms with E-state index in [1.165, 1.54) is 7.11 Å². The lowest BCUT2D eigenvalue weighted by Crippen LogP contribution is -2.27. The number of ether oxygens (including phenoxy) is 2. The lowest BCUT2D eigenvalue weighted by atomic mass is 10.8. The number of rotatable bonds is 5. The molecule has 6 nitrogen and oxygen atoms in total. The Bertz CT molecular complexity index is 148. The van der Waals surface area contributed by atoms with E-state index < -0.39 is 7.59 Å². The first-order valence-electron chi connectivity index (χ1n) is 3.02. The standard InChI is InChI=1S/C4H14N3O3P/c1-4(9-2)10-3-7-11(5,6)8/h4H,3H2,1-2H3,(H5,5,6,7,8). The average Bonchev–Trinajstić information content (AvgIpc) is 1.85. The average molecular weight is 183 g/mol. The van der Waals surface area contributed by atoms with Crippen LogP contribution < -0.4 is 16.1 Å². The van der Waals surface area contributed by atoms with Gasteiger partial charge in [0.1, 0.15) is 6.73 Å². The summed E-state index contributed by atoms with van der Waals surface area (Å²) >= 11 is 0. The molecular weight excluding hydrogens is 169 g/mol. The maximum Gasteiger partial charge on any atom is 0.275 e. The fourth-order valence-electron chi connectivity index (χ4n) is 0.324. The van der Waals surface area contributed by atoms with Crippen LogP contribution in [0.3, 0.4) is 0 Å². The highest BCUT2D eigenvalue weighted by atomic mass is 31.2. The third-order valence-corrected chi connectivity index (χ3v) is 1.58. The van der Waals surface area contributed by atoms with Gasteiger partial charge in [0.25, 0.3) is 7.59 Å². The molecular formula is C4H14N3O3P. The van der Waals surface area contributed by atoms with Crippen LogP contribution in [0.1, 0.15) is 6.92 Å². The van der Waals surface area contributed by atoms with Crippen LogP contribution in [-0.2, 0) is 14.0 Å². The van der Waals surface area contributed by atoms with Gasteiger partial charge in [0.2, 0.25) is 0 Å². The molecule has 68 valence electrons. The van der Waals surface area contributed by atoms with Gasteiger partial charge >= 0.3 is 0 Å². The van der Waals surface area contributed by atoms with Crippen LogP contribution in [0.4, 0.5) is 0 Å². The molecule has 0 heterocycles. The van der Waals surface area contributed by atoms with Crippen molar-refractivity contribution >= 4 is 7.59 Å². The Labute approximate surface area is 65.7 Å². The van der Waals surface area contributed by atoms with E-state index in [2.05, 4.69) is 5.09 Å². The first-order chi connectivity index (χ1) is 4.95. The highest BCUT2D eigenvalue weighted by Gasteiger charge is 2.06. The summed E-state index contributed by atoms with van der Waals surface area (Å²) in [5.74, 6) is 0. The summed E-state index contributed by atoms with van der Waals surface area (Å²) in [6.45, 7) is 1.71. The Balaban J connectivity index is 3.35. The molecule has 7 heteroatoms. The normalized spacial score (nSPS) is 14.9. The van der Waals surface area contributed by atoms with Crippen molar-refractivity contribution in [3.63, 3.8) is 0 Å². The van der Waals surface area contributed by atoms with Crippen LogP contribution >= 0.6 is 7.59 Å². The zero-order valence-electron chi connectivity index (χ0n) is 6.61. The highest BCUT2D eigenvalue weighted by molar-refractivity contribution is 7.56. The van der Waals surface area contributed by atoms with Crippen LogP contribution in [0.5, 0.6) is 0 Å². The molecule has 0 saturated carbocycles. The number of nitrogens with one attached hydrogen (secondary N) is 1. The molecule has 11 heavy (non-hydrogen) atoms. The molecule has 0 aromatic heterocycles. The molecule has 0 aromatic carbocycles. The number of nitrogens with two attached hydrogens (primary N) is 2. The van der Waals surface area contributed by atoms with Crippen LogP contribution in [0.15, 0.2) is 0 Å². The van der Waals surface area contributed by atoms with Gasteiger partial charge in [0.05, 0.1) is 0 Å². The van der Waals surface area contributed by atoms with E-state index in [0.29, 0.717) is 0 Å². The summed E-state index contributed by atoms with van der Waals surface area (Å²) in [5, 5.41) is 2.30. The van der Waals surface area contributed by atoms with Crippen molar-refractivity contribution < 1.29 is 14.0 Å². The van der Waals surface area contributed by atoms with Crippen LogP contribution in [0.2, 0.25) is 0 Å². The Morgan fingerprint density at radius 1 is 1.64 bits per heavy atom. The van der Waals surface area contributed by atoms with E-state index in [0.717, 1.165) is 0 Å². The summed E-state index contributed by atoms with van der Waals surface area (Å²) in [6, 6.07) is 0. The molecule has 5 N–H and O–H groups in total. The van der Waals surface area contributed by atoms with Crippen molar-refractivity contribution in [2.45, 2.75) is 13.2 Å². The summed E-state index contributed by atoms with van der Waals surface area (Å²) in [4.78, 5) is 0. The van der Waals surface area contributed by atoms with Crippen molar-refractivity contribution in [1.82, 2.24) is 5.09 Å². The van der Waals surface area contributed by atoms with E-state index in [-0.39, 0.29) is 13.0 Å². The summed E-state index contributed by atoms with van der Waals surface area (Å²) in [5.41, 5.74) is 9.93. The Hall–Kier alpha value is 0.0300. The van der Waals surface area contributed by atoms with Crippen molar-refractivity contribution in [3.05, 3.63) is 0 Å². The molecule has 0 bridgehead atoms. The predicted octanol–water partition coefficient (Wildman–Crippen LogP) is -0.432. The molecule has 0 aliphatic rings. The Morgan fingerprint density at radius 3 is 2.55 bits per heavy atom. The largest absolute Gasteiger partial charge is 0.356 e. The van der Waals surface area contributed by atoms with Gasteiger partial charge in [-0.25, -0.2) is 5.09 Å². The summed E-state index contributed by atoms with van der Waals surface area (Å²) in [7, 11) is -1.67. The van der Waals surface area contributed by atoms with Crippen molar-refractivity contribution in [3.8, 4) is 0 Å². The fraction of sp³-hybridized carbons (Fsp3) is 1.00. The molecule has 1 atom stereocenters. The van der Waals surface area contributed by atoms with Gasteiger partial charge in [-0.2, -0.15) is 0 Å². The predicted molar refractivity (Wildman–Crippen MR) is 41.5 cm³/mol. The second kappa shape index (κ2) is 4.82. The minimum atomic E-state index is -3.16. The molecule has 0 aliphatic heterocycles.